The van der Waals surface area contributed by atoms with E-state index in [2.05, 4.69) is 31.9 Å². The van der Waals surface area contributed by atoms with Crippen LogP contribution in [0.15, 0.2) is 51.4 Å². The van der Waals surface area contributed by atoms with Crippen molar-refractivity contribution in [2.24, 2.45) is 5.73 Å². The first-order chi connectivity index (χ1) is 8.56. The molecule has 0 radical (unpaired) electrons. The largest absolute Gasteiger partial charge is 0.457 e. The molecule has 1 atom stereocenters. The van der Waals surface area contributed by atoms with E-state index in [0.29, 0.717) is 0 Å². The van der Waals surface area contributed by atoms with Gasteiger partial charge in [0.15, 0.2) is 0 Å². The number of rotatable bonds is 3. The third-order valence-electron chi connectivity index (χ3n) is 2.51. The minimum atomic E-state index is 0.00102. The van der Waals surface area contributed by atoms with Gasteiger partial charge in [-0.1, -0.05) is 37.9 Å². The molecule has 18 heavy (non-hydrogen) atoms. The van der Waals surface area contributed by atoms with Gasteiger partial charge in [-0.3, -0.25) is 0 Å². The van der Waals surface area contributed by atoms with Crippen LogP contribution in [0.4, 0.5) is 0 Å². The zero-order valence-corrected chi connectivity index (χ0v) is 13.0. The number of nitrogens with two attached hydrogens (primary N) is 1. The van der Waals surface area contributed by atoms with Crippen molar-refractivity contribution >= 4 is 31.9 Å². The Kier molecular flexibility index (Phi) is 4.43. The summed E-state index contributed by atoms with van der Waals surface area (Å²) in [7, 11) is 0. The minimum Gasteiger partial charge on any atom is -0.457 e. The van der Waals surface area contributed by atoms with Crippen molar-refractivity contribution in [1.29, 1.82) is 0 Å². The maximum absolute atomic E-state index is 5.86. The molecule has 0 spiro atoms. The highest BCUT2D eigenvalue weighted by Gasteiger charge is 2.06. The van der Waals surface area contributed by atoms with Gasteiger partial charge in [-0.15, -0.1) is 0 Å². The van der Waals surface area contributed by atoms with E-state index in [0.717, 1.165) is 26.0 Å². The van der Waals surface area contributed by atoms with Crippen LogP contribution in [0.2, 0.25) is 0 Å². The molecule has 0 aromatic heterocycles. The Hall–Kier alpha value is -0.840. The highest BCUT2D eigenvalue weighted by molar-refractivity contribution is 9.10. The SMILES string of the molecule is C[C@@H](N)c1ccc(Oc2ccc(Br)cc2)cc1Br. The van der Waals surface area contributed by atoms with E-state index in [4.69, 9.17) is 10.5 Å². The van der Waals surface area contributed by atoms with Crippen LogP contribution in [-0.4, -0.2) is 0 Å². The topological polar surface area (TPSA) is 35.2 Å². The zero-order valence-electron chi connectivity index (χ0n) is 9.86. The first kappa shape index (κ1) is 13.6. The summed E-state index contributed by atoms with van der Waals surface area (Å²) < 4.78 is 7.75. The third kappa shape index (κ3) is 3.34. The molecule has 2 nitrogen and oxygen atoms in total. The summed E-state index contributed by atoms with van der Waals surface area (Å²) in [5.74, 6) is 1.59. The molecule has 94 valence electrons. The van der Waals surface area contributed by atoms with E-state index < -0.39 is 0 Å². The molecule has 0 fully saturated rings. The fourth-order valence-electron chi connectivity index (χ4n) is 1.58. The molecule has 0 unspecified atom stereocenters. The van der Waals surface area contributed by atoms with Crippen molar-refractivity contribution in [3.63, 3.8) is 0 Å². The van der Waals surface area contributed by atoms with E-state index >= 15 is 0 Å². The third-order valence-corrected chi connectivity index (χ3v) is 3.73. The summed E-state index contributed by atoms with van der Waals surface area (Å²) in [6, 6.07) is 13.5. The number of benzene rings is 2. The van der Waals surface area contributed by atoms with Gasteiger partial charge in [0.2, 0.25) is 0 Å². The lowest BCUT2D eigenvalue weighted by atomic mass is 10.1. The molecule has 0 amide bonds. The molecule has 0 heterocycles. The molecule has 4 heteroatoms. The molecule has 2 N–H and O–H groups in total. The molecule has 0 bridgehead atoms. The second-order valence-electron chi connectivity index (χ2n) is 4.03. The Morgan fingerprint density at radius 1 is 1.00 bits per heavy atom. The number of halogens is 2. The van der Waals surface area contributed by atoms with Crippen molar-refractivity contribution in [2.75, 3.05) is 0 Å². The van der Waals surface area contributed by atoms with Crippen molar-refractivity contribution < 1.29 is 4.74 Å². The van der Waals surface area contributed by atoms with Crippen LogP contribution >= 0.6 is 31.9 Å². The van der Waals surface area contributed by atoms with E-state index in [9.17, 15) is 0 Å². The molecule has 0 aliphatic rings. The van der Waals surface area contributed by atoms with Crippen LogP contribution in [0.1, 0.15) is 18.5 Å². The Labute approximate surface area is 123 Å². The highest BCUT2D eigenvalue weighted by Crippen LogP contribution is 2.29. The zero-order chi connectivity index (χ0) is 13.1. The lowest BCUT2D eigenvalue weighted by Crippen LogP contribution is -2.05. The summed E-state index contributed by atoms with van der Waals surface area (Å²) >= 11 is 6.90. The smallest absolute Gasteiger partial charge is 0.128 e. The van der Waals surface area contributed by atoms with Crippen molar-refractivity contribution in [3.8, 4) is 11.5 Å². The maximum atomic E-state index is 5.86. The number of ether oxygens (including phenoxy) is 1. The van der Waals surface area contributed by atoms with Crippen molar-refractivity contribution in [1.82, 2.24) is 0 Å². The molecule has 2 aromatic rings. The van der Waals surface area contributed by atoms with Gasteiger partial charge >= 0.3 is 0 Å². The lowest BCUT2D eigenvalue weighted by Gasteiger charge is -2.11. The van der Waals surface area contributed by atoms with Gasteiger partial charge in [0.05, 0.1) is 0 Å². The first-order valence-corrected chi connectivity index (χ1v) is 7.13. The number of hydrogen-bond donors (Lipinski definition) is 1. The second-order valence-corrected chi connectivity index (χ2v) is 5.80. The van der Waals surface area contributed by atoms with Crippen molar-refractivity contribution in [3.05, 3.63) is 57.0 Å². The van der Waals surface area contributed by atoms with E-state index in [1.54, 1.807) is 0 Å². The standard InChI is InChI=1S/C14H13Br2NO/c1-9(17)13-7-6-12(8-14(13)16)18-11-4-2-10(15)3-5-11/h2-9H,17H2,1H3/t9-/m1/s1. The summed E-state index contributed by atoms with van der Waals surface area (Å²) in [4.78, 5) is 0. The molecule has 0 saturated carbocycles. The number of hydrogen-bond acceptors (Lipinski definition) is 2. The van der Waals surface area contributed by atoms with Crippen LogP contribution in [0.25, 0.3) is 0 Å². The fraction of sp³-hybridized carbons (Fsp3) is 0.143. The Morgan fingerprint density at radius 3 is 2.17 bits per heavy atom. The van der Waals surface area contributed by atoms with Crippen LogP contribution in [0.3, 0.4) is 0 Å². The van der Waals surface area contributed by atoms with Gasteiger partial charge < -0.3 is 10.5 Å². The van der Waals surface area contributed by atoms with Gasteiger partial charge in [0.25, 0.3) is 0 Å². The quantitative estimate of drug-likeness (QED) is 0.822. The van der Waals surface area contributed by atoms with E-state index in [1.165, 1.54) is 0 Å². The molecular weight excluding hydrogens is 358 g/mol. The Morgan fingerprint density at radius 2 is 1.61 bits per heavy atom. The normalized spacial score (nSPS) is 12.2. The van der Waals surface area contributed by atoms with Gasteiger partial charge in [-0.05, 0) is 48.9 Å². The Balaban J connectivity index is 2.20. The average Bonchev–Trinajstić information content (AvgIpc) is 2.32. The fourth-order valence-corrected chi connectivity index (χ4v) is 2.56. The van der Waals surface area contributed by atoms with Gasteiger partial charge in [0, 0.05) is 15.0 Å². The molecule has 0 aliphatic carbocycles. The minimum absolute atomic E-state index is 0.00102. The van der Waals surface area contributed by atoms with E-state index in [1.807, 2.05) is 49.4 Å². The highest BCUT2D eigenvalue weighted by atomic mass is 79.9. The Bertz CT molecular complexity index is 538. The molecule has 2 aromatic carbocycles. The lowest BCUT2D eigenvalue weighted by molar-refractivity contribution is 0.482. The van der Waals surface area contributed by atoms with Crippen LogP contribution in [0.5, 0.6) is 11.5 Å². The van der Waals surface area contributed by atoms with Crippen LogP contribution in [-0.2, 0) is 0 Å². The maximum Gasteiger partial charge on any atom is 0.128 e. The predicted molar refractivity (Wildman–Crippen MR) is 81.0 cm³/mol. The molecule has 0 saturated heterocycles. The van der Waals surface area contributed by atoms with Gasteiger partial charge in [-0.2, -0.15) is 0 Å². The summed E-state index contributed by atoms with van der Waals surface area (Å²) in [6.07, 6.45) is 0. The molecule has 0 aliphatic heterocycles. The summed E-state index contributed by atoms with van der Waals surface area (Å²) in [5.41, 5.74) is 6.93. The monoisotopic (exact) mass is 369 g/mol. The first-order valence-electron chi connectivity index (χ1n) is 5.54. The average molecular weight is 371 g/mol. The van der Waals surface area contributed by atoms with Gasteiger partial charge in [-0.25, -0.2) is 0 Å². The van der Waals surface area contributed by atoms with Crippen LogP contribution in [0, 0.1) is 0 Å². The van der Waals surface area contributed by atoms with Crippen LogP contribution < -0.4 is 10.5 Å². The van der Waals surface area contributed by atoms with Gasteiger partial charge in [0.1, 0.15) is 11.5 Å². The second kappa shape index (κ2) is 5.87. The van der Waals surface area contributed by atoms with Crippen molar-refractivity contribution in [2.45, 2.75) is 13.0 Å². The summed E-state index contributed by atoms with van der Waals surface area (Å²) in [5, 5.41) is 0. The predicted octanol–water partition coefficient (Wildman–Crippen LogP) is 5.02. The molecular formula is C14H13Br2NO. The van der Waals surface area contributed by atoms with E-state index in [-0.39, 0.29) is 6.04 Å². The summed E-state index contributed by atoms with van der Waals surface area (Å²) in [6.45, 7) is 1.95. The molecule has 2 rings (SSSR count).